The van der Waals surface area contributed by atoms with Crippen LogP contribution in [-0.2, 0) is 14.3 Å². The Morgan fingerprint density at radius 1 is 0.893 bits per heavy atom. The molecule has 0 saturated carbocycles. The Bertz CT molecular complexity index is 1000. The second kappa shape index (κ2) is 8.81. The molecule has 2 amide bonds. The van der Waals surface area contributed by atoms with Crippen molar-refractivity contribution >= 4 is 34.2 Å². The van der Waals surface area contributed by atoms with Gasteiger partial charge in [0.25, 0.3) is 11.8 Å². The van der Waals surface area contributed by atoms with Gasteiger partial charge in [-0.2, -0.15) is 0 Å². The van der Waals surface area contributed by atoms with Crippen molar-refractivity contribution < 1.29 is 19.1 Å². The number of carbonyl (C=O) groups is 3. The second-order valence-corrected chi connectivity index (χ2v) is 6.19. The highest BCUT2D eigenvalue weighted by molar-refractivity contribution is 6.00. The number of fused-ring (bicyclic) bond motifs is 1. The van der Waals surface area contributed by atoms with Gasteiger partial charge in [0.15, 0.2) is 6.61 Å². The fourth-order valence-corrected chi connectivity index (χ4v) is 2.67. The third-order valence-electron chi connectivity index (χ3n) is 4.28. The van der Waals surface area contributed by atoms with Crippen LogP contribution in [0.4, 0.5) is 5.69 Å². The van der Waals surface area contributed by atoms with Crippen LogP contribution >= 0.6 is 0 Å². The Morgan fingerprint density at radius 2 is 1.57 bits per heavy atom. The molecule has 0 bridgehead atoms. The molecule has 0 radical (unpaired) electrons. The van der Waals surface area contributed by atoms with Crippen molar-refractivity contribution in [1.29, 1.82) is 0 Å². The fourth-order valence-electron chi connectivity index (χ4n) is 2.67. The molecule has 0 unspecified atom stereocenters. The topological polar surface area (TPSA) is 75.7 Å². The summed E-state index contributed by atoms with van der Waals surface area (Å²) in [4.78, 5) is 37.6. The number of rotatable bonds is 6. The number of esters is 1. The fraction of sp³-hybridized carbons (Fsp3) is 0.136. The number of amides is 2. The predicted octanol–water partition coefficient (Wildman–Crippen LogP) is 2.78. The maximum absolute atomic E-state index is 12.2. The molecule has 0 saturated heterocycles. The standard InChI is InChI=1S/C22H20N2O4/c1-24(19-9-3-2-4-10-19)20(25)15-28-21(26)14-23-22(27)18-12-11-16-7-5-6-8-17(16)13-18/h2-13H,14-15H2,1H3,(H,23,27). The lowest BCUT2D eigenvalue weighted by atomic mass is 10.1. The average molecular weight is 376 g/mol. The Balaban J connectivity index is 1.48. The monoisotopic (exact) mass is 376 g/mol. The summed E-state index contributed by atoms with van der Waals surface area (Å²) in [7, 11) is 1.60. The number of hydrogen-bond acceptors (Lipinski definition) is 4. The average Bonchev–Trinajstić information content (AvgIpc) is 2.75. The Labute approximate surface area is 162 Å². The van der Waals surface area contributed by atoms with E-state index in [0.29, 0.717) is 11.3 Å². The molecular formula is C22H20N2O4. The molecule has 0 aliphatic carbocycles. The zero-order valence-electron chi connectivity index (χ0n) is 15.4. The maximum Gasteiger partial charge on any atom is 0.325 e. The minimum Gasteiger partial charge on any atom is -0.454 e. The molecule has 0 spiro atoms. The quantitative estimate of drug-likeness (QED) is 0.671. The molecule has 0 heterocycles. The second-order valence-electron chi connectivity index (χ2n) is 6.19. The molecule has 0 fully saturated rings. The first-order chi connectivity index (χ1) is 13.5. The van der Waals surface area contributed by atoms with Crippen molar-refractivity contribution in [2.24, 2.45) is 0 Å². The number of anilines is 1. The number of nitrogens with zero attached hydrogens (tertiary/aromatic N) is 1. The molecule has 6 heteroatoms. The van der Waals surface area contributed by atoms with Crippen LogP contribution in [0.2, 0.25) is 0 Å². The first kappa shape index (κ1) is 19.1. The molecule has 0 atom stereocenters. The molecule has 0 aliphatic heterocycles. The predicted molar refractivity (Wildman–Crippen MR) is 107 cm³/mol. The van der Waals surface area contributed by atoms with Gasteiger partial charge in [-0.15, -0.1) is 0 Å². The summed E-state index contributed by atoms with van der Waals surface area (Å²) < 4.78 is 4.96. The van der Waals surface area contributed by atoms with Crippen molar-refractivity contribution in [1.82, 2.24) is 5.32 Å². The first-order valence-electron chi connectivity index (χ1n) is 8.79. The van der Waals surface area contributed by atoms with Crippen LogP contribution < -0.4 is 10.2 Å². The van der Waals surface area contributed by atoms with Crippen LogP contribution in [0.25, 0.3) is 10.8 Å². The number of likely N-dealkylation sites (N-methyl/N-ethyl adjacent to an activating group) is 1. The third-order valence-corrected chi connectivity index (χ3v) is 4.28. The smallest absolute Gasteiger partial charge is 0.325 e. The van der Waals surface area contributed by atoms with E-state index in [1.165, 1.54) is 4.90 Å². The summed E-state index contributed by atoms with van der Waals surface area (Å²) in [6.07, 6.45) is 0. The van der Waals surface area contributed by atoms with Crippen molar-refractivity contribution in [3.8, 4) is 0 Å². The Morgan fingerprint density at radius 3 is 2.32 bits per heavy atom. The van der Waals surface area contributed by atoms with Gasteiger partial charge in [0.05, 0.1) is 0 Å². The minimum absolute atomic E-state index is 0.312. The SMILES string of the molecule is CN(C(=O)COC(=O)CNC(=O)c1ccc2ccccc2c1)c1ccccc1. The zero-order valence-corrected chi connectivity index (χ0v) is 15.4. The lowest BCUT2D eigenvalue weighted by Crippen LogP contribution is -2.34. The van der Waals surface area contributed by atoms with Crippen molar-refractivity contribution in [3.63, 3.8) is 0 Å². The Hall–Kier alpha value is -3.67. The maximum atomic E-state index is 12.2. The van der Waals surface area contributed by atoms with Gasteiger partial charge in [-0.1, -0.05) is 48.5 Å². The van der Waals surface area contributed by atoms with E-state index in [4.69, 9.17) is 4.74 Å². The Kier molecular flexibility index (Phi) is 6.01. The molecular weight excluding hydrogens is 356 g/mol. The minimum atomic E-state index is -0.677. The van der Waals surface area contributed by atoms with E-state index < -0.39 is 12.6 Å². The highest BCUT2D eigenvalue weighted by atomic mass is 16.5. The molecule has 0 aliphatic rings. The van der Waals surface area contributed by atoms with E-state index in [9.17, 15) is 14.4 Å². The number of carbonyl (C=O) groups excluding carboxylic acids is 3. The van der Waals surface area contributed by atoms with Crippen LogP contribution in [0.5, 0.6) is 0 Å². The number of ether oxygens (including phenoxy) is 1. The van der Waals surface area contributed by atoms with Gasteiger partial charge in [-0.05, 0) is 35.0 Å². The summed E-state index contributed by atoms with van der Waals surface area (Å²) in [5.41, 5.74) is 1.15. The van der Waals surface area contributed by atoms with E-state index in [1.807, 2.05) is 48.5 Å². The van der Waals surface area contributed by atoms with Crippen LogP contribution in [0.1, 0.15) is 10.4 Å². The number of para-hydroxylation sites is 1. The largest absolute Gasteiger partial charge is 0.454 e. The van der Waals surface area contributed by atoms with Gasteiger partial charge in [-0.25, -0.2) is 0 Å². The van der Waals surface area contributed by atoms with Crippen molar-refractivity contribution in [2.75, 3.05) is 25.1 Å². The summed E-state index contributed by atoms with van der Waals surface area (Å²) in [6.45, 7) is -0.704. The normalized spacial score (nSPS) is 10.3. The molecule has 1 N–H and O–H groups in total. The van der Waals surface area contributed by atoms with E-state index >= 15 is 0 Å². The van der Waals surface area contributed by atoms with Gasteiger partial charge in [0.1, 0.15) is 6.54 Å². The van der Waals surface area contributed by atoms with E-state index in [1.54, 1.807) is 31.3 Å². The molecule has 0 aromatic heterocycles. The summed E-state index contributed by atoms with van der Waals surface area (Å²) in [5.74, 6) is -1.42. The molecule has 3 aromatic rings. The highest BCUT2D eigenvalue weighted by Crippen LogP contribution is 2.15. The number of nitrogens with one attached hydrogen (secondary N) is 1. The number of benzene rings is 3. The molecule has 28 heavy (non-hydrogen) atoms. The van der Waals surface area contributed by atoms with Gasteiger partial charge < -0.3 is 15.0 Å². The van der Waals surface area contributed by atoms with Crippen LogP contribution in [0.3, 0.4) is 0 Å². The molecule has 3 rings (SSSR count). The van der Waals surface area contributed by atoms with Crippen LogP contribution in [0.15, 0.2) is 72.8 Å². The van der Waals surface area contributed by atoms with E-state index in [0.717, 1.165) is 10.8 Å². The lowest BCUT2D eigenvalue weighted by Gasteiger charge is -2.17. The van der Waals surface area contributed by atoms with E-state index in [2.05, 4.69) is 5.32 Å². The lowest BCUT2D eigenvalue weighted by molar-refractivity contribution is -0.146. The van der Waals surface area contributed by atoms with Gasteiger partial charge >= 0.3 is 5.97 Å². The summed E-state index contributed by atoms with van der Waals surface area (Å²) in [6, 6.07) is 22.0. The van der Waals surface area contributed by atoms with Crippen molar-refractivity contribution in [3.05, 3.63) is 78.4 Å². The molecule has 6 nitrogen and oxygen atoms in total. The zero-order chi connectivity index (χ0) is 19.9. The van der Waals surface area contributed by atoms with Gasteiger partial charge in [0, 0.05) is 18.3 Å². The van der Waals surface area contributed by atoms with E-state index in [-0.39, 0.29) is 18.4 Å². The number of hydrogen-bond donors (Lipinski definition) is 1. The van der Waals surface area contributed by atoms with Crippen molar-refractivity contribution in [2.45, 2.75) is 0 Å². The summed E-state index contributed by atoms with van der Waals surface area (Å²) >= 11 is 0. The third kappa shape index (κ3) is 4.73. The van der Waals surface area contributed by atoms with Crippen LogP contribution in [-0.4, -0.2) is 38.0 Å². The first-order valence-corrected chi connectivity index (χ1v) is 8.79. The molecule has 3 aromatic carbocycles. The molecule has 142 valence electrons. The summed E-state index contributed by atoms with van der Waals surface area (Å²) in [5, 5.41) is 4.47. The van der Waals surface area contributed by atoms with Gasteiger partial charge in [0.2, 0.25) is 0 Å². The van der Waals surface area contributed by atoms with Gasteiger partial charge in [-0.3, -0.25) is 14.4 Å². The van der Waals surface area contributed by atoms with Crippen LogP contribution in [0, 0.1) is 0 Å². The highest BCUT2D eigenvalue weighted by Gasteiger charge is 2.14.